The Kier molecular flexibility index (Phi) is 6.12. The lowest BCUT2D eigenvalue weighted by Gasteiger charge is -2.48. The number of fused-ring (bicyclic) bond motifs is 1. The molecule has 0 bridgehead atoms. The first-order valence-electron chi connectivity index (χ1n) is 9.70. The first kappa shape index (κ1) is 22.1. The van der Waals surface area contributed by atoms with Crippen molar-refractivity contribution in [3.8, 4) is 0 Å². The van der Waals surface area contributed by atoms with Gasteiger partial charge in [0.25, 0.3) is 0 Å². The molecule has 1 saturated carbocycles. The van der Waals surface area contributed by atoms with E-state index in [4.69, 9.17) is 9.47 Å². The van der Waals surface area contributed by atoms with Gasteiger partial charge < -0.3 is 14.8 Å². The minimum Gasteiger partial charge on any atom is -0.467 e. The van der Waals surface area contributed by atoms with Gasteiger partial charge in [-0.05, 0) is 32.8 Å². The molecule has 4 atom stereocenters. The van der Waals surface area contributed by atoms with E-state index in [2.05, 4.69) is 10.6 Å². The Labute approximate surface area is 179 Å². The third kappa shape index (κ3) is 4.16. The van der Waals surface area contributed by atoms with E-state index >= 15 is 0 Å². The topological polar surface area (TPSA) is 111 Å². The highest BCUT2D eigenvalue weighted by molar-refractivity contribution is 8.01. The number of benzene rings is 1. The second-order valence-corrected chi connectivity index (χ2v) is 9.69. The molecular formula is C21H26N2O6S. The summed E-state index contributed by atoms with van der Waals surface area (Å²) in [7, 11) is 1.22. The summed E-state index contributed by atoms with van der Waals surface area (Å²) in [5.41, 5.74) is 0.229. The lowest BCUT2D eigenvalue weighted by Crippen LogP contribution is -2.56. The smallest absolute Gasteiger partial charge is 0.408 e. The summed E-state index contributed by atoms with van der Waals surface area (Å²) >= 11 is 1.20. The number of methoxy groups -OCH3 is 1. The number of thioether (sulfide) groups is 1. The number of nitrogens with one attached hydrogen (secondary N) is 2. The maximum Gasteiger partial charge on any atom is 0.408 e. The van der Waals surface area contributed by atoms with Crippen LogP contribution in [0.1, 0.15) is 38.7 Å². The van der Waals surface area contributed by atoms with Crippen molar-refractivity contribution >= 4 is 35.6 Å². The third-order valence-electron chi connectivity index (χ3n) is 5.28. The summed E-state index contributed by atoms with van der Waals surface area (Å²) in [4.78, 5) is 49.5. The van der Waals surface area contributed by atoms with E-state index in [0.29, 0.717) is 6.42 Å². The zero-order chi connectivity index (χ0) is 22.1. The number of hydrogen-bond donors (Lipinski definition) is 2. The van der Waals surface area contributed by atoms with Crippen molar-refractivity contribution < 1.29 is 28.7 Å². The predicted octanol–water partition coefficient (Wildman–Crippen LogP) is 1.98. The summed E-state index contributed by atoms with van der Waals surface area (Å²) in [5.74, 6) is -1.88. The Bertz CT molecular complexity index is 853. The quantitative estimate of drug-likeness (QED) is 0.520. The van der Waals surface area contributed by atoms with Crippen LogP contribution in [0.3, 0.4) is 0 Å². The standard InChI is InChI=1S/C21H26N2O6S/c1-20(2,3)29-19(27)22-15(17(25)28-4)11-30-21-13(12-8-6-5-7-9-12)10-14(21)16(24)23-18(21)26/h5-9,13-15H,10-11H2,1-4H3,(H,22,27)(H,23,24,26)/t13-,14-,15-,21+/m0/s1. The van der Waals surface area contributed by atoms with Crippen LogP contribution in [0.5, 0.6) is 0 Å². The molecular weight excluding hydrogens is 408 g/mol. The molecule has 30 heavy (non-hydrogen) atoms. The van der Waals surface area contributed by atoms with E-state index < -0.39 is 34.4 Å². The maximum atomic E-state index is 12.8. The van der Waals surface area contributed by atoms with Gasteiger partial charge in [0, 0.05) is 11.7 Å². The average Bonchev–Trinajstić information content (AvgIpc) is 2.82. The molecule has 9 heteroatoms. The van der Waals surface area contributed by atoms with Crippen LogP contribution < -0.4 is 10.6 Å². The molecule has 1 aliphatic heterocycles. The highest BCUT2D eigenvalue weighted by Gasteiger charge is 2.68. The van der Waals surface area contributed by atoms with E-state index in [1.165, 1.54) is 18.9 Å². The zero-order valence-electron chi connectivity index (χ0n) is 17.4. The van der Waals surface area contributed by atoms with Crippen molar-refractivity contribution in [1.29, 1.82) is 0 Å². The number of imide groups is 1. The van der Waals surface area contributed by atoms with E-state index in [-0.39, 0.29) is 23.5 Å². The summed E-state index contributed by atoms with van der Waals surface area (Å²) in [5, 5.41) is 4.94. The summed E-state index contributed by atoms with van der Waals surface area (Å²) < 4.78 is 9.02. The Morgan fingerprint density at radius 3 is 2.47 bits per heavy atom. The Morgan fingerprint density at radius 1 is 1.23 bits per heavy atom. The van der Waals surface area contributed by atoms with Crippen LogP contribution in [-0.4, -0.2) is 53.1 Å². The van der Waals surface area contributed by atoms with Crippen LogP contribution in [0, 0.1) is 5.92 Å². The van der Waals surface area contributed by atoms with Gasteiger partial charge in [-0.25, -0.2) is 9.59 Å². The van der Waals surface area contributed by atoms with Gasteiger partial charge in [-0.3, -0.25) is 14.9 Å². The molecule has 2 aliphatic rings. The second-order valence-electron chi connectivity index (χ2n) is 8.40. The highest BCUT2D eigenvalue weighted by atomic mass is 32.2. The van der Waals surface area contributed by atoms with Crippen LogP contribution in [0.4, 0.5) is 4.79 Å². The molecule has 1 aliphatic carbocycles. The lowest BCUT2D eigenvalue weighted by molar-refractivity contribution is -0.142. The van der Waals surface area contributed by atoms with Crippen molar-refractivity contribution in [3.63, 3.8) is 0 Å². The van der Waals surface area contributed by atoms with Crippen molar-refractivity contribution in [2.24, 2.45) is 5.92 Å². The van der Waals surface area contributed by atoms with Crippen molar-refractivity contribution in [2.45, 2.75) is 49.5 Å². The number of carbonyl (C=O) groups is 4. The SMILES string of the molecule is COC(=O)[C@H](CS[C@@]12C(=O)NC(=O)[C@@H]1C[C@H]2c1ccccc1)NC(=O)OC(C)(C)C. The summed E-state index contributed by atoms with van der Waals surface area (Å²) in [6.07, 6.45) is -0.204. The average molecular weight is 435 g/mol. The first-order chi connectivity index (χ1) is 14.1. The lowest BCUT2D eigenvalue weighted by atomic mass is 9.62. The number of alkyl carbamates (subject to hydrolysis) is 1. The van der Waals surface area contributed by atoms with E-state index in [1.54, 1.807) is 20.8 Å². The Morgan fingerprint density at radius 2 is 1.90 bits per heavy atom. The molecule has 0 spiro atoms. The molecule has 1 aromatic rings. The molecule has 3 amide bonds. The molecule has 3 rings (SSSR count). The van der Waals surface area contributed by atoms with E-state index in [9.17, 15) is 19.2 Å². The zero-order valence-corrected chi connectivity index (χ0v) is 18.2. The van der Waals surface area contributed by atoms with Gasteiger partial charge in [0.2, 0.25) is 11.8 Å². The fourth-order valence-electron chi connectivity index (χ4n) is 3.90. The maximum absolute atomic E-state index is 12.8. The van der Waals surface area contributed by atoms with Crippen LogP contribution in [0.15, 0.2) is 30.3 Å². The van der Waals surface area contributed by atoms with Gasteiger partial charge in [-0.1, -0.05) is 30.3 Å². The number of esters is 1. The minimum absolute atomic E-state index is 0.0620. The van der Waals surface area contributed by atoms with Crippen LogP contribution in [0.2, 0.25) is 0 Å². The van der Waals surface area contributed by atoms with Crippen LogP contribution in [-0.2, 0) is 23.9 Å². The van der Waals surface area contributed by atoms with Gasteiger partial charge in [0.1, 0.15) is 16.4 Å². The Hall–Kier alpha value is -2.55. The molecule has 2 fully saturated rings. The highest BCUT2D eigenvalue weighted by Crippen LogP contribution is 2.60. The number of carbonyl (C=O) groups excluding carboxylic acids is 4. The number of rotatable bonds is 6. The normalized spacial score (nSPS) is 26.1. The first-order valence-corrected chi connectivity index (χ1v) is 10.7. The number of ether oxygens (including phenoxy) is 2. The van der Waals surface area contributed by atoms with Crippen molar-refractivity contribution in [2.75, 3.05) is 12.9 Å². The molecule has 1 heterocycles. The van der Waals surface area contributed by atoms with E-state index in [1.807, 2.05) is 30.3 Å². The second kappa shape index (κ2) is 8.29. The van der Waals surface area contributed by atoms with Crippen molar-refractivity contribution in [1.82, 2.24) is 10.6 Å². The molecule has 0 radical (unpaired) electrons. The largest absolute Gasteiger partial charge is 0.467 e. The summed E-state index contributed by atoms with van der Waals surface area (Å²) in [6, 6.07) is 8.49. The van der Waals surface area contributed by atoms with Gasteiger partial charge >= 0.3 is 12.1 Å². The molecule has 2 N–H and O–H groups in total. The molecule has 0 unspecified atom stereocenters. The molecule has 1 saturated heterocycles. The third-order valence-corrected chi connectivity index (χ3v) is 7.01. The van der Waals surface area contributed by atoms with Crippen LogP contribution in [0.25, 0.3) is 0 Å². The van der Waals surface area contributed by atoms with Gasteiger partial charge in [0.15, 0.2) is 0 Å². The molecule has 0 aromatic heterocycles. The van der Waals surface area contributed by atoms with Crippen molar-refractivity contribution in [3.05, 3.63) is 35.9 Å². The Balaban J connectivity index is 1.79. The number of amides is 3. The van der Waals surface area contributed by atoms with Gasteiger partial charge in [-0.15, -0.1) is 11.8 Å². The molecule has 162 valence electrons. The monoisotopic (exact) mass is 434 g/mol. The molecule has 8 nitrogen and oxygen atoms in total. The summed E-state index contributed by atoms with van der Waals surface area (Å²) in [6.45, 7) is 5.14. The van der Waals surface area contributed by atoms with Gasteiger partial charge in [0.05, 0.1) is 13.0 Å². The van der Waals surface area contributed by atoms with E-state index in [0.717, 1.165) is 5.56 Å². The molecule has 1 aromatic carbocycles. The predicted molar refractivity (Wildman–Crippen MR) is 111 cm³/mol. The van der Waals surface area contributed by atoms with Gasteiger partial charge in [-0.2, -0.15) is 0 Å². The fourth-order valence-corrected chi connectivity index (χ4v) is 5.58. The number of hydrogen-bond acceptors (Lipinski definition) is 7. The fraction of sp³-hybridized carbons (Fsp3) is 0.524. The minimum atomic E-state index is -1.02. The van der Waals surface area contributed by atoms with Crippen LogP contribution >= 0.6 is 11.8 Å².